The lowest BCUT2D eigenvalue weighted by molar-refractivity contribution is -0.131. The van der Waals surface area contributed by atoms with Gasteiger partial charge in [0.25, 0.3) is 0 Å². The second-order valence-electron chi connectivity index (χ2n) is 12.5. The van der Waals surface area contributed by atoms with Crippen molar-refractivity contribution in [2.75, 3.05) is 23.7 Å². The van der Waals surface area contributed by atoms with Gasteiger partial charge in [-0.25, -0.2) is 19.7 Å². The van der Waals surface area contributed by atoms with Crippen LogP contribution in [0.25, 0.3) is 22.0 Å². The molecule has 0 bridgehead atoms. The van der Waals surface area contributed by atoms with Gasteiger partial charge in [-0.05, 0) is 80.7 Å². The number of nitrogens with zero attached hydrogens (tertiary/aromatic N) is 4. The number of hydrogen-bond acceptors (Lipinski definition) is 7. The maximum atomic E-state index is 13.1. The molecule has 4 aromatic rings. The van der Waals surface area contributed by atoms with Crippen LogP contribution in [0.15, 0.2) is 60.9 Å². The van der Waals surface area contributed by atoms with E-state index >= 15 is 0 Å². The van der Waals surface area contributed by atoms with E-state index in [0.29, 0.717) is 47.3 Å². The number of hydrogen-bond donors (Lipinski definition) is 3. The average Bonchev–Trinajstić information content (AvgIpc) is 2.98. The number of piperidine rings is 1. The van der Waals surface area contributed by atoms with Gasteiger partial charge in [-0.2, -0.15) is 0 Å². The van der Waals surface area contributed by atoms with Gasteiger partial charge in [0.2, 0.25) is 17.7 Å². The van der Waals surface area contributed by atoms with E-state index in [1.165, 1.54) is 24.2 Å². The molecule has 10 heteroatoms. The molecule has 1 spiro atoms. The van der Waals surface area contributed by atoms with E-state index in [2.05, 4.69) is 20.6 Å². The summed E-state index contributed by atoms with van der Waals surface area (Å²) in [7, 11) is 0. The number of benzene rings is 2. The first-order valence-corrected chi connectivity index (χ1v) is 15.4. The van der Waals surface area contributed by atoms with Gasteiger partial charge in [0.05, 0.1) is 11.3 Å². The zero-order chi connectivity index (χ0) is 30.3. The molecular weight excluding hydrogens is 556 g/mol. The lowest BCUT2D eigenvalue weighted by Crippen LogP contribution is -2.47. The van der Waals surface area contributed by atoms with Crippen LogP contribution < -0.4 is 15.4 Å². The Morgan fingerprint density at radius 3 is 2.66 bits per heavy atom. The number of ether oxygens (including phenoxy) is 1. The number of fused-ring (bicyclic) bond motifs is 1. The van der Waals surface area contributed by atoms with Crippen LogP contribution in [-0.4, -0.2) is 56.1 Å². The average molecular weight is 593 g/mol. The Labute approximate surface area is 255 Å². The van der Waals surface area contributed by atoms with E-state index in [9.17, 15) is 14.7 Å². The second kappa shape index (κ2) is 11.4. The van der Waals surface area contributed by atoms with Crippen LogP contribution in [0.3, 0.4) is 0 Å². The molecule has 2 aliphatic carbocycles. The molecule has 2 amide bonds. The molecule has 226 valence electrons. The van der Waals surface area contributed by atoms with Crippen molar-refractivity contribution in [2.24, 2.45) is 11.3 Å². The molecule has 3 heterocycles. The molecule has 2 saturated carbocycles. The number of aromatic nitrogens is 3. The Bertz CT molecular complexity index is 1730. The summed E-state index contributed by atoms with van der Waals surface area (Å²) >= 11 is 0. The van der Waals surface area contributed by atoms with Crippen molar-refractivity contribution in [3.8, 4) is 22.9 Å². The van der Waals surface area contributed by atoms with Gasteiger partial charge in [-0.1, -0.05) is 30.7 Å². The van der Waals surface area contributed by atoms with Crippen molar-refractivity contribution in [3.05, 3.63) is 66.5 Å². The van der Waals surface area contributed by atoms with Gasteiger partial charge in [0, 0.05) is 53.9 Å². The van der Waals surface area contributed by atoms with Gasteiger partial charge in [0.1, 0.15) is 5.75 Å². The summed E-state index contributed by atoms with van der Waals surface area (Å²) in [5.41, 5.74) is 3.49. The number of carbonyl (C=O) groups is 2. The summed E-state index contributed by atoms with van der Waals surface area (Å²) in [6.45, 7) is 2.91. The zero-order valence-corrected chi connectivity index (χ0v) is 24.8. The van der Waals surface area contributed by atoms with Crippen LogP contribution >= 0.6 is 0 Å². The topological polar surface area (TPSA) is 130 Å². The maximum absolute atomic E-state index is 13.1. The Balaban J connectivity index is 1.13. The smallest absolute Gasteiger partial charge is 0.407 e. The number of amides is 2. The molecule has 0 radical (unpaired) electrons. The minimum Gasteiger partial charge on any atom is -0.465 e. The summed E-state index contributed by atoms with van der Waals surface area (Å²) in [4.78, 5) is 39.7. The summed E-state index contributed by atoms with van der Waals surface area (Å²) in [6.07, 6.45) is 9.88. The fourth-order valence-electron chi connectivity index (χ4n) is 6.97. The number of pyridine rings is 1. The molecule has 3 fully saturated rings. The minimum absolute atomic E-state index is 0.0728. The minimum atomic E-state index is -0.915. The molecule has 44 heavy (non-hydrogen) atoms. The van der Waals surface area contributed by atoms with Crippen LogP contribution in [0.2, 0.25) is 0 Å². The third-order valence-electron chi connectivity index (χ3n) is 9.54. The number of aryl methyl sites for hydroxylation is 1. The first-order chi connectivity index (χ1) is 21.4. The van der Waals surface area contributed by atoms with Crippen molar-refractivity contribution in [1.82, 2.24) is 19.9 Å². The Hall–Kier alpha value is -4.73. The first kappa shape index (κ1) is 28.1. The van der Waals surface area contributed by atoms with E-state index in [1.807, 2.05) is 49.4 Å². The number of carbonyl (C=O) groups excluding carboxylic acids is 1. The van der Waals surface area contributed by atoms with E-state index in [1.54, 1.807) is 18.5 Å². The van der Waals surface area contributed by atoms with Crippen LogP contribution in [-0.2, 0) is 4.79 Å². The lowest BCUT2D eigenvalue weighted by atomic mass is 9.51. The molecular formula is C34H36N6O4. The van der Waals surface area contributed by atoms with Gasteiger partial charge in [0.15, 0.2) is 0 Å². The highest BCUT2D eigenvalue weighted by atomic mass is 16.5. The molecule has 2 aromatic heterocycles. The van der Waals surface area contributed by atoms with Crippen LogP contribution in [0, 0.1) is 18.3 Å². The molecule has 1 saturated heterocycles. The summed E-state index contributed by atoms with van der Waals surface area (Å²) in [5.74, 6) is 1.67. The monoisotopic (exact) mass is 592 g/mol. The van der Waals surface area contributed by atoms with Crippen molar-refractivity contribution < 1.29 is 19.4 Å². The molecule has 1 atom stereocenters. The van der Waals surface area contributed by atoms with Crippen molar-refractivity contribution in [3.63, 3.8) is 0 Å². The van der Waals surface area contributed by atoms with E-state index in [4.69, 9.17) is 9.72 Å². The third kappa shape index (κ3) is 5.40. The summed E-state index contributed by atoms with van der Waals surface area (Å²) in [6, 6.07) is 15.4. The fourth-order valence-corrected chi connectivity index (χ4v) is 6.97. The predicted molar refractivity (Wildman–Crippen MR) is 168 cm³/mol. The van der Waals surface area contributed by atoms with Gasteiger partial charge in [-0.15, -0.1) is 0 Å². The Kier molecular flexibility index (Phi) is 7.27. The fraction of sp³-hybridized carbons (Fsp3) is 0.382. The highest BCUT2D eigenvalue weighted by molar-refractivity contribution is 6.05. The van der Waals surface area contributed by atoms with Gasteiger partial charge in [-0.3, -0.25) is 4.79 Å². The van der Waals surface area contributed by atoms with Gasteiger partial charge >= 0.3 is 6.09 Å². The van der Waals surface area contributed by atoms with E-state index in [0.717, 1.165) is 47.7 Å². The molecule has 7 rings (SSSR count). The van der Waals surface area contributed by atoms with Crippen molar-refractivity contribution in [1.29, 1.82) is 0 Å². The van der Waals surface area contributed by atoms with E-state index < -0.39 is 6.09 Å². The standard InChI is InChI=1S/C34H36N6O4/c1-21-10-11-24-25(7-2-9-27(24)38-30(41)22-18-34(19-22)13-5-14-34)29(21)44-31-26(8-3-15-35-31)28-12-16-36-32(39-28)37-23-6-4-17-40(20-23)33(42)43/h2-3,7-12,15-16,22-23H,4-6,13-14,17-20H2,1H3,(H,38,41)(H,42,43)(H,36,37,39)/t23-/m0/s1. The molecule has 10 nitrogen and oxygen atoms in total. The Morgan fingerprint density at radius 2 is 1.86 bits per heavy atom. The maximum Gasteiger partial charge on any atom is 0.407 e. The van der Waals surface area contributed by atoms with Crippen molar-refractivity contribution in [2.45, 2.75) is 57.9 Å². The van der Waals surface area contributed by atoms with Crippen LogP contribution in [0.5, 0.6) is 11.6 Å². The highest BCUT2D eigenvalue weighted by Gasteiger charge is 2.50. The number of nitrogens with one attached hydrogen (secondary N) is 2. The summed E-state index contributed by atoms with van der Waals surface area (Å²) < 4.78 is 6.55. The molecule has 0 unspecified atom stereocenters. The lowest BCUT2D eigenvalue weighted by Gasteiger charge is -2.53. The molecule has 3 N–H and O–H groups in total. The third-order valence-corrected chi connectivity index (χ3v) is 9.54. The summed E-state index contributed by atoms with van der Waals surface area (Å²) in [5, 5.41) is 17.7. The number of anilines is 2. The number of carboxylic acid groups (broad SMARTS) is 1. The predicted octanol–water partition coefficient (Wildman–Crippen LogP) is 6.87. The van der Waals surface area contributed by atoms with Crippen LogP contribution in [0.1, 0.15) is 50.5 Å². The number of likely N-dealkylation sites (tertiary alicyclic amines) is 1. The zero-order valence-electron chi connectivity index (χ0n) is 24.8. The highest BCUT2D eigenvalue weighted by Crippen LogP contribution is 2.58. The van der Waals surface area contributed by atoms with Crippen LogP contribution in [0.4, 0.5) is 16.4 Å². The SMILES string of the molecule is Cc1ccc2c(NC(=O)C3CC4(CCC4)C3)cccc2c1Oc1ncccc1-c1ccnc(N[C@H]2CCCN(C(=O)O)C2)n1. The second-order valence-corrected chi connectivity index (χ2v) is 12.5. The Morgan fingerprint density at radius 1 is 1.00 bits per heavy atom. The van der Waals surface area contributed by atoms with E-state index in [-0.39, 0.29) is 17.9 Å². The quantitative estimate of drug-likeness (QED) is 0.212. The van der Waals surface area contributed by atoms with Gasteiger partial charge < -0.3 is 25.4 Å². The molecule has 3 aliphatic rings. The molecule has 2 aromatic carbocycles. The van der Waals surface area contributed by atoms with Crippen molar-refractivity contribution >= 4 is 34.4 Å². The normalized spacial score (nSPS) is 19.2. The first-order valence-electron chi connectivity index (χ1n) is 15.4. The molecule has 1 aliphatic heterocycles. The largest absolute Gasteiger partial charge is 0.465 e. The number of rotatable bonds is 7.